The minimum Gasteiger partial charge on any atom is -0.444 e. The summed E-state index contributed by atoms with van der Waals surface area (Å²) in [5, 5.41) is 13.3. The molecule has 0 radical (unpaired) electrons. The number of anilines is 1. The van der Waals surface area contributed by atoms with Crippen LogP contribution in [0.5, 0.6) is 0 Å². The third-order valence-corrected chi connectivity index (χ3v) is 4.29. The predicted molar refractivity (Wildman–Crippen MR) is 88.0 cm³/mol. The molecule has 2 N–H and O–H groups in total. The number of benzene rings is 1. The number of carbonyl (C=O) groups is 1. The van der Waals surface area contributed by atoms with E-state index in [9.17, 15) is 9.90 Å². The standard InChI is InChI=1S/C18H22N2O3/c1-13-12-23-17(19-13)14-6-5-7-15(10-14)20-16(21)11-18(22)8-3-2-4-9-18/h5-7,10,12,22H,2-4,8-9,11H2,1H3,(H,20,21). The fourth-order valence-electron chi connectivity index (χ4n) is 3.11. The number of aryl methyl sites for hydroxylation is 1. The average Bonchev–Trinajstić information content (AvgIpc) is 2.94. The molecule has 0 bridgehead atoms. The first-order chi connectivity index (χ1) is 11.0. The maximum absolute atomic E-state index is 12.2. The molecule has 0 aliphatic heterocycles. The number of oxazole rings is 1. The summed E-state index contributed by atoms with van der Waals surface area (Å²) in [4.78, 5) is 16.5. The van der Waals surface area contributed by atoms with Crippen molar-refractivity contribution in [2.45, 2.75) is 51.0 Å². The van der Waals surface area contributed by atoms with Crippen LogP contribution < -0.4 is 5.32 Å². The molecule has 5 nitrogen and oxygen atoms in total. The van der Waals surface area contributed by atoms with Crippen molar-refractivity contribution in [3.05, 3.63) is 36.2 Å². The van der Waals surface area contributed by atoms with E-state index < -0.39 is 5.60 Å². The third kappa shape index (κ3) is 3.99. The normalized spacial score (nSPS) is 17.0. The van der Waals surface area contributed by atoms with Crippen LogP contribution in [0.15, 0.2) is 34.9 Å². The summed E-state index contributed by atoms with van der Waals surface area (Å²) in [5.74, 6) is 0.375. The zero-order valence-corrected chi connectivity index (χ0v) is 13.3. The molecule has 0 unspecified atom stereocenters. The molecular formula is C18H22N2O3. The van der Waals surface area contributed by atoms with E-state index in [-0.39, 0.29) is 12.3 Å². The number of nitrogens with one attached hydrogen (secondary N) is 1. The molecule has 1 aliphatic rings. The number of aromatic nitrogens is 1. The molecule has 1 aromatic heterocycles. The molecule has 1 amide bonds. The molecule has 2 aromatic rings. The fourth-order valence-corrected chi connectivity index (χ4v) is 3.11. The molecule has 1 aromatic carbocycles. The van der Waals surface area contributed by atoms with Crippen LogP contribution in [0.25, 0.3) is 11.5 Å². The Balaban J connectivity index is 1.67. The molecule has 23 heavy (non-hydrogen) atoms. The minimum atomic E-state index is -0.848. The number of carbonyl (C=O) groups excluding carboxylic acids is 1. The molecule has 1 saturated carbocycles. The van der Waals surface area contributed by atoms with Gasteiger partial charge in [-0.05, 0) is 38.0 Å². The van der Waals surface area contributed by atoms with Gasteiger partial charge in [-0.2, -0.15) is 0 Å². The van der Waals surface area contributed by atoms with E-state index in [1.807, 2.05) is 31.2 Å². The van der Waals surface area contributed by atoms with Gasteiger partial charge in [0.05, 0.1) is 17.7 Å². The molecule has 1 heterocycles. The number of nitrogens with zero attached hydrogens (tertiary/aromatic N) is 1. The van der Waals surface area contributed by atoms with Crippen LogP contribution in [-0.4, -0.2) is 21.6 Å². The van der Waals surface area contributed by atoms with Crippen LogP contribution >= 0.6 is 0 Å². The third-order valence-electron chi connectivity index (χ3n) is 4.29. The molecule has 5 heteroatoms. The molecular weight excluding hydrogens is 292 g/mol. The zero-order chi connectivity index (χ0) is 16.3. The maximum atomic E-state index is 12.2. The van der Waals surface area contributed by atoms with Gasteiger partial charge >= 0.3 is 0 Å². The number of aliphatic hydroxyl groups is 1. The lowest BCUT2D eigenvalue weighted by Gasteiger charge is -2.31. The first-order valence-electron chi connectivity index (χ1n) is 8.09. The lowest BCUT2D eigenvalue weighted by atomic mass is 9.82. The summed E-state index contributed by atoms with van der Waals surface area (Å²) < 4.78 is 5.38. The van der Waals surface area contributed by atoms with Crippen LogP contribution in [0.1, 0.15) is 44.2 Å². The van der Waals surface area contributed by atoms with Crippen LogP contribution in [0.3, 0.4) is 0 Å². The van der Waals surface area contributed by atoms with Gasteiger partial charge in [0, 0.05) is 11.3 Å². The Hall–Kier alpha value is -2.14. The Kier molecular flexibility index (Phi) is 4.48. The van der Waals surface area contributed by atoms with E-state index in [1.54, 1.807) is 6.26 Å². The van der Waals surface area contributed by atoms with Crippen molar-refractivity contribution in [1.29, 1.82) is 0 Å². The van der Waals surface area contributed by atoms with Gasteiger partial charge in [0.1, 0.15) is 6.26 Å². The van der Waals surface area contributed by atoms with Gasteiger partial charge in [-0.1, -0.05) is 25.3 Å². The van der Waals surface area contributed by atoms with Crippen molar-refractivity contribution in [2.75, 3.05) is 5.32 Å². The highest BCUT2D eigenvalue weighted by Crippen LogP contribution is 2.31. The summed E-state index contributed by atoms with van der Waals surface area (Å²) in [6, 6.07) is 7.38. The van der Waals surface area contributed by atoms with Gasteiger partial charge in [0.2, 0.25) is 11.8 Å². The Labute approximate surface area is 135 Å². The maximum Gasteiger partial charge on any atom is 0.227 e. The zero-order valence-electron chi connectivity index (χ0n) is 13.3. The van der Waals surface area contributed by atoms with Gasteiger partial charge in [0.15, 0.2) is 0 Å². The number of rotatable bonds is 4. The molecule has 122 valence electrons. The summed E-state index contributed by atoms with van der Waals surface area (Å²) in [6.45, 7) is 1.86. The number of hydrogen-bond donors (Lipinski definition) is 2. The van der Waals surface area contributed by atoms with Crippen LogP contribution in [0.2, 0.25) is 0 Å². The molecule has 1 fully saturated rings. The second kappa shape index (κ2) is 6.54. The summed E-state index contributed by atoms with van der Waals surface area (Å²) >= 11 is 0. The van der Waals surface area contributed by atoms with Crippen molar-refractivity contribution in [2.24, 2.45) is 0 Å². The van der Waals surface area contributed by atoms with Crippen LogP contribution in [0.4, 0.5) is 5.69 Å². The number of hydrogen-bond acceptors (Lipinski definition) is 4. The van der Waals surface area contributed by atoms with Crippen molar-refractivity contribution in [3.63, 3.8) is 0 Å². The van der Waals surface area contributed by atoms with Gasteiger partial charge in [0.25, 0.3) is 0 Å². The highest BCUT2D eigenvalue weighted by molar-refractivity contribution is 5.92. The largest absolute Gasteiger partial charge is 0.444 e. The summed E-state index contributed by atoms with van der Waals surface area (Å²) in [6.07, 6.45) is 6.27. The summed E-state index contributed by atoms with van der Waals surface area (Å²) in [5.41, 5.74) is 1.46. The van der Waals surface area contributed by atoms with E-state index in [0.29, 0.717) is 24.4 Å². The predicted octanol–water partition coefficient (Wildman–Crippen LogP) is 3.67. The average molecular weight is 314 g/mol. The second-order valence-electron chi connectivity index (χ2n) is 6.38. The molecule has 3 rings (SSSR count). The Morgan fingerprint density at radius 1 is 1.35 bits per heavy atom. The quantitative estimate of drug-likeness (QED) is 0.903. The lowest BCUT2D eigenvalue weighted by molar-refractivity contribution is -0.122. The summed E-state index contributed by atoms with van der Waals surface area (Å²) in [7, 11) is 0. The van der Waals surface area contributed by atoms with Crippen LogP contribution in [0, 0.1) is 6.92 Å². The Morgan fingerprint density at radius 2 is 2.13 bits per heavy atom. The fraction of sp³-hybridized carbons (Fsp3) is 0.444. The number of amides is 1. The minimum absolute atomic E-state index is 0.148. The van der Waals surface area contributed by atoms with E-state index in [4.69, 9.17) is 4.42 Å². The molecule has 0 saturated heterocycles. The van der Waals surface area contributed by atoms with E-state index in [1.165, 1.54) is 0 Å². The first kappa shape index (κ1) is 15.7. The monoisotopic (exact) mass is 314 g/mol. The van der Waals surface area contributed by atoms with E-state index >= 15 is 0 Å². The van der Waals surface area contributed by atoms with Crippen molar-refractivity contribution < 1.29 is 14.3 Å². The Morgan fingerprint density at radius 3 is 2.83 bits per heavy atom. The first-order valence-corrected chi connectivity index (χ1v) is 8.09. The van der Waals surface area contributed by atoms with Crippen LogP contribution in [-0.2, 0) is 4.79 Å². The highest BCUT2D eigenvalue weighted by atomic mass is 16.3. The molecule has 1 aliphatic carbocycles. The Bertz CT molecular complexity index is 687. The van der Waals surface area contributed by atoms with Crippen molar-refractivity contribution >= 4 is 11.6 Å². The van der Waals surface area contributed by atoms with Crippen molar-refractivity contribution in [3.8, 4) is 11.5 Å². The SMILES string of the molecule is Cc1coc(-c2cccc(NC(=O)CC3(O)CCCCC3)c2)n1. The topological polar surface area (TPSA) is 75.4 Å². The van der Waals surface area contributed by atoms with E-state index in [2.05, 4.69) is 10.3 Å². The van der Waals surface area contributed by atoms with Crippen molar-refractivity contribution in [1.82, 2.24) is 4.98 Å². The van der Waals surface area contributed by atoms with Gasteiger partial charge < -0.3 is 14.8 Å². The molecule has 0 atom stereocenters. The van der Waals surface area contributed by atoms with Gasteiger partial charge in [-0.25, -0.2) is 4.98 Å². The smallest absolute Gasteiger partial charge is 0.227 e. The second-order valence-corrected chi connectivity index (χ2v) is 6.38. The molecule has 0 spiro atoms. The highest BCUT2D eigenvalue weighted by Gasteiger charge is 2.31. The van der Waals surface area contributed by atoms with Gasteiger partial charge in [-0.3, -0.25) is 4.79 Å². The van der Waals surface area contributed by atoms with E-state index in [0.717, 1.165) is 30.5 Å². The van der Waals surface area contributed by atoms with Gasteiger partial charge in [-0.15, -0.1) is 0 Å². The lowest BCUT2D eigenvalue weighted by Crippen LogP contribution is -2.35.